The van der Waals surface area contributed by atoms with Crippen LogP contribution in [0.1, 0.15) is 28.9 Å². The fourth-order valence-electron chi connectivity index (χ4n) is 2.21. The van der Waals surface area contributed by atoms with E-state index >= 15 is 0 Å². The normalized spacial score (nSPS) is 11.5. The Morgan fingerprint density at radius 3 is 2.33 bits per heavy atom. The van der Waals surface area contributed by atoms with Crippen LogP contribution in [-0.4, -0.2) is 30.0 Å². The lowest BCUT2D eigenvalue weighted by molar-refractivity contribution is -0.385. The molecule has 1 aromatic heterocycles. The number of hydrogen-bond acceptors (Lipinski definition) is 6. The van der Waals surface area contributed by atoms with Gasteiger partial charge in [-0.05, 0) is 24.6 Å². The fourth-order valence-corrected chi connectivity index (χ4v) is 2.21. The topological polar surface area (TPSA) is 104 Å². The van der Waals surface area contributed by atoms with Gasteiger partial charge in [-0.2, -0.15) is 0 Å². The summed E-state index contributed by atoms with van der Waals surface area (Å²) < 4.78 is 10.2. The molecule has 8 heteroatoms. The molecule has 0 bridgehead atoms. The van der Waals surface area contributed by atoms with E-state index in [1.807, 2.05) is 0 Å². The summed E-state index contributed by atoms with van der Waals surface area (Å²) >= 11 is 0. The van der Waals surface area contributed by atoms with Crippen LogP contribution < -0.4 is 14.8 Å². The molecular formula is C16H17N3O5. The molecule has 0 saturated carbocycles. The number of carbonyl (C=O) groups is 1. The van der Waals surface area contributed by atoms with Crippen molar-refractivity contribution in [2.24, 2.45) is 0 Å². The lowest BCUT2D eigenvalue weighted by Gasteiger charge is -2.15. The zero-order chi connectivity index (χ0) is 17.7. The largest absolute Gasteiger partial charge is 0.493 e. The molecule has 0 spiro atoms. The van der Waals surface area contributed by atoms with Crippen molar-refractivity contribution in [3.63, 3.8) is 0 Å². The second-order valence-corrected chi connectivity index (χ2v) is 4.96. The highest BCUT2D eigenvalue weighted by Crippen LogP contribution is 2.34. The number of nitro benzene ring substituents is 1. The summed E-state index contributed by atoms with van der Waals surface area (Å²) in [6.45, 7) is 1.78. The van der Waals surface area contributed by atoms with E-state index in [4.69, 9.17) is 9.47 Å². The van der Waals surface area contributed by atoms with Gasteiger partial charge in [-0.3, -0.25) is 19.9 Å². The predicted molar refractivity (Wildman–Crippen MR) is 86.3 cm³/mol. The van der Waals surface area contributed by atoms with Crippen molar-refractivity contribution in [2.75, 3.05) is 14.2 Å². The maximum Gasteiger partial charge on any atom is 0.286 e. The molecule has 0 aliphatic carbocycles. The summed E-state index contributed by atoms with van der Waals surface area (Å²) in [7, 11) is 2.76. The number of rotatable bonds is 6. The Bertz CT molecular complexity index is 749. The predicted octanol–water partition coefficient (Wildman–Crippen LogP) is 2.50. The van der Waals surface area contributed by atoms with Gasteiger partial charge in [0.05, 0.1) is 31.3 Å². The third-order valence-electron chi connectivity index (χ3n) is 3.50. The lowest BCUT2D eigenvalue weighted by Crippen LogP contribution is -2.27. The molecule has 126 valence electrons. The average molecular weight is 331 g/mol. The summed E-state index contributed by atoms with van der Waals surface area (Å²) in [6, 6.07) is 5.64. The molecular weight excluding hydrogens is 314 g/mol. The molecule has 1 heterocycles. The molecule has 1 aromatic carbocycles. The number of pyridine rings is 1. The van der Waals surface area contributed by atoms with Gasteiger partial charge in [0, 0.05) is 18.5 Å². The summed E-state index contributed by atoms with van der Waals surface area (Å²) in [5.41, 5.74) is 0.382. The number of nitrogens with zero attached hydrogens (tertiary/aromatic N) is 2. The number of ether oxygens (including phenoxy) is 2. The van der Waals surface area contributed by atoms with Gasteiger partial charge in [-0.25, -0.2) is 0 Å². The fraction of sp³-hybridized carbons (Fsp3) is 0.250. The molecule has 1 atom stereocenters. The van der Waals surface area contributed by atoms with E-state index in [1.54, 1.807) is 31.5 Å². The standard InChI is InChI=1S/C16H17N3O5/c1-10(11-4-6-17-7-5-11)18-16(20)12-8-14(23-2)15(24-3)9-13(12)19(21)22/h4-10H,1-3H3,(H,18,20). The number of nitro groups is 1. The van der Waals surface area contributed by atoms with Gasteiger partial charge in [0.2, 0.25) is 0 Å². The Labute approximate surface area is 138 Å². The van der Waals surface area contributed by atoms with E-state index in [0.29, 0.717) is 0 Å². The minimum atomic E-state index is -0.631. The van der Waals surface area contributed by atoms with Crippen molar-refractivity contribution in [3.05, 3.63) is 57.9 Å². The third kappa shape index (κ3) is 3.60. The van der Waals surface area contributed by atoms with Gasteiger partial charge >= 0.3 is 0 Å². The molecule has 24 heavy (non-hydrogen) atoms. The molecule has 0 radical (unpaired) electrons. The van der Waals surface area contributed by atoms with Gasteiger partial charge in [0.25, 0.3) is 11.6 Å². The minimum absolute atomic E-state index is 0.0986. The molecule has 1 N–H and O–H groups in total. The Morgan fingerprint density at radius 1 is 1.21 bits per heavy atom. The van der Waals surface area contributed by atoms with E-state index in [2.05, 4.69) is 10.3 Å². The smallest absolute Gasteiger partial charge is 0.286 e. The molecule has 0 aliphatic heterocycles. The molecule has 1 amide bonds. The first-order valence-corrected chi connectivity index (χ1v) is 7.09. The van der Waals surface area contributed by atoms with Crippen molar-refractivity contribution in [3.8, 4) is 11.5 Å². The van der Waals surface area contributed by atoms with E-state index in [1.165, 1.54) is 26.4 Å². The van der Waals surface area contributed by atoms with Crippen LogP contribution in [0.4, 0.5) is 5.69 Å². The Morgan fingerprint density at radius 2 is 1.79 bits per heavy atom. The zero-order valence-corrected chi connectivity index (χ0v) is 13.5. The first kappa shape index (κ1) is 17.2. The number of methoxy groups -OCH3 is 2. The Kier molecular flexibility index (Phi) is 5.31. The van der Waals surface area contributed by atoms with Crippen molar-refractivity contribution < 1.29 is 19.2 Å². The van der Waals surface area contributed by atoms with Crippen LogP contribution in [0.2, 0.25) is 0 Å². The quantitative estimate of drug-likeness (QED) is 0.644. The highest BCUT2D eigenvalue weighted by molar-refractivity contribution is 5.99. The number of aromatic nitrogens is 1. The number of amides is 1. The first-order valence-electron chi connectivity index (χ1n) is 7.09. The van der Waals surface area contributed by atoms with Crippen molar-refractivity contribution in [1.29, 1.82) is 0 Å². The summed E-state index contributed by atoms with van der Waals surface area (Å²) in [5.74, 6) is -0.153. The van der Waals surface area contributed by atoms with Crippen molar-refractivity contribution in [2.45, 2.75) is 13.0 Å². The minimum Gasteiger partial charge on any atom is -0.493 e. The number of nitrogens with one attached hydrogen (secondary N) is 1. The molecule has 0 saturated heterocycles. The third-order valence-corrected chi connectivity index (χ3v) is 3.50. The van der Waals surface area contributed by atoms with E-state index < -0.39 is 10.8 Å². The zero-order valence-electron chi connectivity index (χ0n) is 13.5. The average Bonchev–Trinajstić information content (AvgIpc) is 2.60. The van der Waals surface area contributed by atoms with Crippen LogP contribution in [-0.2, 0) is 0 Å². The van der Waals surface area contributed by atoms with E-state index in [0.717, 1.165) is 5.56 Å². The van der Waals surface area contributed by atoms with Gasteiger partial charge in [0.15, 0.2) is 11.5 Å². The molecule has 2 aromatic rings. The monoisotopic (exact) mass is 331 g/mol. The van der Waals surface area contributed by atoms with Crippen LogP contribution in [0.15, 0.2) is 36.7 Å². The maximum absolute atomic E-state index is 12.5. The number of carbonyl (C=O) groups excluding carboxylic acids is 1. The first-order chi connectivity index (χ1) is 11.5. The second-order valence-electron chi connectivity index (χ2n) is 4.96. The van der Waals surface area contributed by atoms with Crippen LogP contribution in [0.3, 0.4) is 0 Å². The maximum atomic E-state index is 12.5. The van der Waals surface area contributed by atoms with Gasteiger partial charge < -0.3 is 14.8 Å². The van der Waals surface area contributed by atoms with E-state index in [-0.39, 0.29) is 28.8 Å². The van der Waals surface area contributed by atoms with Crippen molar-refractivity contribution >= 4 is 11.6 Å². The number of benzene rings is 1. The Hall–Kier alpha value is -3.16. The SMILES string of the molecule is COc1cc(C(=O)NC(C)c2ccncc2)c([N+](=O)[O-])cc1OC. The highest BCUT2D eigenvalue weighted by Gasteiger charge is 2.25. The van der Waals surface area contributed by atoms with Crippen molar-refractivity contribution in [1.82, 2.24) is 10.3 Å². The molecule has 0 aliphatic rings. The summed E-state index contributed by atoms with van der Waals surface area (Å²) in [6.07, 6.45) is 3.22. The van der Waals surface area contributed by atoms with Gasteiger partial charge in [0.1, 0.15) is 5.56 Å². The van der Waals surface area contributed by atoms with Gasteiger partial charge in [-0.15, -0.1) is 0 Å². The molecule has 8 nitrogen and oxygen atoms in total. The second kappa shape index (κ2) is 7.40. The van der Waals surface area contributed by atoms with Crippen LogP contribution >= 0.6 is 0 Å². The Balaban J connectivity index is 2.35. The van der Waals surface area contributed by atoms with Crippen LogP contribution in [0.5, 0.6) is 11.5 Å². The van der Waals surface area contributed by atoms with Gasteiger partial charge in [-0.1, -0.05) is 0 Å². The molecule has 1 unspecified atom stereocenters. The lowest BCUT2D eigenvalue weighted by atomic mass is 10.1. The molecule has 2 rings (SSSR count). The summed E-state index contributed by atoms with van der Waals surface area (Å²) in [4.78, 5) is 27.0. The van der Waals surface area contributed by atoms with Crippen LogP contribution in [0, 0.1) is 10.1 Å². The van der Waals surface area contributed by atoms with E-state index in [9.17, 15) is 14.9 Å². The highest BCUT2D eigenvalue weighted by atomic mass is 16.6. The molecule has 0 fully saturated rings. The van der Waals surface area contributed by atoms with Crippen LogP contribution in [0.25, 0.3) is 0 Å². The summed E-state index contributed by atoms with van der Waals surface area (Å²) in [5, 5.41) is 14.0. The number of hydrogen-bond donors (Lipinski definition) is 1.